The summed E-state index contributed by atoms with van der Waals surface area (Å²) in [4.78, 5) is 13.3. The average Bonchev–Trinajstić information content (AvgIpc) is 2.45. The number of piperidine rings is 1. The van der Waals surface area contributed by atoms with Crippen molar-refractivity contribution in [2.45, 2.75) is 25.7 Å². The first kappa shape index (κ1) is 17.4. The van der Waals surface area contributed by atoms with Crippen molar-refractivity contribution in [2.24, 2.45) is 0 Å². The Hall–Kier alpha value is -0.700. The number of nitrogens with zero attached hydrogens (tertiary/aromatic N) is 2. The second-order valence-electron chi connectivity index (χ2n) is 4.95. The third-order valence-corrected chi connectivity index (χ3v) is 5.00. The van der Waals surface area contributed by atoms with Gasteiger partial charge in [-0.3, -0.25) is 4.79 Å². The highest BCUT2D eigenvalue weighted by molar-refractivity contribution is 7.87. The molecule has 0 aromatic heterocycles. The van der Waals surface area contributed by atoms with Gasteiger partial charge in [0.2, 0.25) is 0 Å². The lowest BCUT2D eigenvalue weighted by molar-refractivity contribution is -0.140. The number of ether oxygens (including phenoxy) is 1. The van der Waals surface area contributed by atoms with E-state index in [9.17, 15) is 13.2 Å². The molecule has 1 N–H and O–H groups in total. The zero-order chi connectivity index (χ0) is 15.0. The summed E-state index contributed by atoms with van der Waals surface area (Å²) in [6, 6.07) is 0. The lowest BCUT2D eigenvalue weighted by Crippen LogP contribution is -2.43. The van der Waals surface area contributed by atoms with Gasteiger partial charge in [0.05, 0.1) is 13.5 Å². The smallest absolute Gasteiger partial charge is 0.306 e. The number of hydrogen-bond acceptors (Lipinski definition) is 5. The van der Waals surface area contributed by atoms with Crippen LogP contribution >= 0.6 is 0 Å². The van der Waals surface area contributed by atoms with E-state index in [1.807, 2.05) is 0 Å². The molecule has 7 nitrogen and oxygen atoms in total. The molecule has 1 heterocycles. The van der Waals surface area contributed by atoms with E-state index in [2.05, 4.69) is 14.4 Å². The van der Waals surface area contributed by atoms with Crippen LogP contribution in [0, 0.1) is 0 Å². The van der Waals surface area contributed by atoms with Crippen LogP contribution in [-0.2, 0) is 19.7 Å². The quantitative estimate of drug-likeness (QED) is 0.628. The standard InChI is InChI=1S/C12H25N3O4S/c1-14(10-6-12(16)19-2)20(17,18)13-7-11-15-8-4-3-5-9-15/h13H,3-11H2,1-2H3. The van der Waals surface area contributed by atoms with E-state index in [0.29, 0.717) is 6.54 Å². The van der Waals surface area contributed by atoms with Crippen molar-refractivity contribution >= 4 is 16.2 Å². The first-order valence-electron chi connectivity index (χ1n) is 6.96. The predicted octanol–water partition coefficient (Wildman–Crippen LogP) is -0.198. The minimum atomic E-state index is -3.52. The fourth-order valence-corrected chi connectivity index (χ4v) is 3.00. The zero-order valence-electron chi connectivity index (χ0n) is 12.3. The molecule has 1 saturated heterocycles. The molecule has 20 heavy (non-hydrogen) atoms. The summed E-state index contributed by atoms with van der Waals surface area (Å²) in [5.74, 6) is -0.416. The molecule has 1 aliphatic heterocycles. The maximum atomic E-state index is 11.9. The molecule has 0 saturated carbocycles. The highest BCUT2D eigenvalue weighted by Crippen LogP contribution is 2.07. The molecule has 8 heteroatoms. The van der Waals surface area contributed by atoms with Crippen molar-refractivity contribution in [3.8, 4) is 0 Å². The highest BCUT2D eigenvalue weighted by atomic mass is 32.2. The summed E-state index contributed by atoms with van der Waals surface area (Å²) >= 11 is 0. The van der Waals surface area contributed by atoms with Gasteiger partial charge in [0.25, 0.3) is 10.2 Å². The maximum absolute atomic E-state index is 11.9. The average molecular weight is 307 g/mol. The third-order valence-electron chi connectivity index (χ3n) is 3.43. The third kappa shape index (κ3) is 6.17. The largest absolute Gasteiger partial charge is 0.469 e. The Morgan fingerprint density at radius 1 is 1.30 bits per heavy atom. The SMILES string of the molecule is COC(=O)CCN(C)S(=O)(=O)NCCN1CCCCC1. The van der Waals surface area contributed by atoms with Crippen LogP contribution in [0.3, 0.4) is 0 Å². The number of likely N-dealkylation sites (tertiary alicyclic amines) is 1. The number of nitrogens with one attached hydrogen (secondary N) is 1. The summed E-state index contributed by atoms with van der Waals surface area (Å²) < 4.78 is 32.0. The van der Waals surface area contributed by atoms with Crippen molar-refractivity contribution in [2.75, 3.05) is 46.9 Å². The second kappa shape index (κ2) is 8.56. The van der Waals surface area contributed by atoms with Crippen LogP contribution in [0.4, 0.5) is 0 Å². The second-order valence-corrected chi connectivity index (χ2v) is 6.81. The Kier molecular flexibility index (Phi) is 7.42. The van der Waals surface area contributed by atoms with E-state index in [-0.39, 0.29) is 13.0 Å². The van der Waals surface area contributed by atoms with Gasteiger partial charge < -0.3 is 9.64 Å². The predicted molar refractivity (Wildman–Crippen MR) is 76.5 cm³/mol. The molecule has 1 aliphatic rings. The normalized spacial score (nSPS) is 17.4. The molecular formula is C12H25N3O4S. The number of methoxy groups -OCH3 is 1. The van der Waals surface area contributed by atoms with Crippen LogP contribution in [0.25, 0.3) is 0 Å². The molecule has 118 valence electrons. The molecule has 0 spiro atoms. The maximum Gasteiger partial charge on any atom is 0.306 e. The number of rotatable bonds is 8. The van der Waals surface area contributed by atoms with E-state index in [0.717, 1.165) is 23.9 Å². The van der Waals surface area contributed by atoms with E-state index < -0.39 is 16.2 Å². The van der Waals surface area contributed by atoms with Crippen molar-refractivity contribution in [1.29, 1.82) is 0 Å². The number of carbonyl (C=O) groups is 1. The monoisotopic (exact) mass is 307 g/mol. The van der Waals surface area contributed by atoms with Crippen LogP contribution in [0.15, 0.2) is 0 Å². The number of hydrogen-bond donors (Lipinski definition) is 1. The van der Waals surface area contributed by atoms with Gasteiger partial charge >= 0.3 is 5.97 Å². The summed E-state index contributed by atoms with van der Waals surface area (Å²) in [6.07, 6.45) is 3.69. The summed E-state index contributed by atoms with van der Waals surface area (Å²) in [5.41, 5.74) is 0. The molecular weight excluding hydrogens is 282 g/mol. The summed E-state index contributed by atoms with van der Waals surface area (Å²) in [5, 5.41) is 0. The molecule has 0 atom stereocenters. The van der Waals surface area contributed by atoms with Gasteiger partial charge in [0, 0.05) is 26.7 Å². The fraction of sp³-hybridized carbons (Fsp3) is 0.917. The molecule has 0 aliphatic carbocycles. The van der Waals surface area contributed by atoms with Crippen LogP contribution in [0.5, 0.6) is 0 Å². The van der Waals surface area contributed by atoms with Gasteiger partial charge in [0.15, 0.2) is 0 Å². The van der Waals surface area contributed by atoms with Gasteiger partial charge in [0.1, 0.15) is 0 Å². The summed E-state index contributed by atoms with van der Waals surface area (Å²) in [6.45, 7) is 3.32. The van der Waals surface area contributed by atoms with E-state index >= 15 is 0 Å². The minimum Gasteiger partial charge on any atom is -0.469 e. The molecule has 0 radical (unpaired) electrons. The Balaban J connectivity index is 2.27. The Labute approximate surface area is 121 Å². The Morgan fingerprint density at radius 3 is 2.55 bits per heavy atom. The van der Waals surface area contributed by atoms with Gasteiger partial charge in [-0.1, -0.05) is 6.42 Å². The number of carbonyl (C=O) groups excluding carboxylic acids is 1. The molecule has 0 unspecified atom stereocenters. The van der Waals surface area contributed by atoms with Crippen molar-refractivity contribution < 1.29 is 17.9 Å². The fourth-order valence-electron chi connectivity index (χ4n) is 2.10. The molecule has 1 rings (SSSR count). The van der Waals surface area contributed by atoms with Crippen LogP contribution in [0.2, 0.25) is 0 Å². The van der Waals surface area contributed by atoms with Gasteiger partial charge in [-0.15, -0.1) is 0 Å². The van der Waals surface area contributed by atoms with Crippen LogP contribution < -0.4 is 4.72 Å². The lowest BCUT2D eigenvalue weighted by Gasteiger charge is -2.26. The Morgan fingerprint density at radius 2 is 1.95 bits per heavy atom. The molecule has 0 aromatic rings. The van der Waals surface area contributed by atoms with Crippen LogP contribution in [0.1, 0.15) is 25.7 Å². The van der Waals surface area contributed by atoms with Crippen LogP contribution in [-0.4, -0.2) is 70.5 Å². The van der Waals surface area contributed by atoms with Gasteiger partial charge in [-0.05, 0) is 25.9 Å². The summed E-state index contributed by atoms with van der Waals surface area (Å²) in [7, 11) is -0.780. The molecule has 0 amide bonds. The molecule has 0 bridgehead atoms. The first-order chi connectivity index (χ1) is 9.45. The van der Waals surface area contributed by atoms with E-state index in [1.165, 1.54) is 33.4 Å². The van der Waals surface area contributed by atoms with Gasteiger partial charge in [-0.25, -0.2) is 4.72 Å². The Bertz CT molecular complexity index is 394. The molecule has 1 fully saturated rings. The topological polar surface area (TPSA) is 78.9 Å². The highest BCUT2D eigenvalue weighted by Gasteiger charge is 2.18. The lowest BCUT2D eigenvalue weighted by atomic mass is 10.1. The van der Waals surface area contributed by atoms with Crippen molar-refractivity contribution in [3.05, 3.63) is 0 Å². The molecule has 0 aromatic carbocycles. The van der Waals surface area contributed by atoms with E-state index in [4.69, 9.17) is 0 Å². The van der Waals surface area contributed by atoms with Crippen molar-refractivity contribution in [1.82, 2.24) is 13.9 Å². The van der Waals surface area contributed by atoms with E-state index in [1.54, 1.807) is 0 Å². The first-order valence-corrected chi connectivity index (χ1v) is 8.40. The zero-order valence-corrected chi connectivity index (χ0v) is 13.1. The minimum absolute atomic E-state index is 0.0556. The van der Waals surface area contributed by atoms with Crippen molar-refractivity contribution in [3.63, 3.8) is 0 Å². The number of esters is 1. The van der Waals surface area contributed by atoms with Gasteiger partial charge in [-0.2, -0.15) is 12.7 Å².